The van der Waals surface area contributed by atoms with Crippen molar-refractivity contribution < 1.29 is 27.9 Å². The minimum atomic E-state index is -1.13. The van der Waals surface area contributed by atoms with E-state index in [2.05, 4.69) is 16.0 Å². The lowest BCUT2D eigenvalue weighted by atomic mass is 10.1. The second kappa shape index (κ2) is 9.06. The lowest BCUT2D eigenvalue weighted by molar-refractivity contribution is -0.138. The highest BCUT2D eigenvalue weighted by Crippen LogP contribution is 2.23. The van der Waals surface area contributed by atoms with E-state index in [1.54, 1.807) is 13.0 Å². The molecule has 2 aliphatic rings. The molecule has 0 fully saturated rings. The van der Waals surface area contributed by atoms with Gasteiger partial charge in [0.15, 0.2) is 0 Å². The van der Waals surface area contributed by atoms with E-state index in [4.69, 9.17) is 4.74 Å². The third kappa shape index (κ3) is 5.03. The van der Waals surface area contributed by atoms with Crippen LogP contribution in [0, 0.1) is 17.6 Å². The molecule has 160 valence electrons. The predicted molar refractivity (Wildman–Crippen MR) is 103 cm³/mol. The van der Waals surface area contributed by atoms with Gasteiger partial charge in [-0.05, 0) is 44.0 Å². The zero-order valence-corrected chi connectivity index (χ0v) is 16.6. The van der Waals surface area contributed by atoms with Crippen LogP contribution >= 0.6 is 0 Å². The first-order valence-corrected chi connectivity index (χ1v) is 9.65. The van der Waals surface area contributed by atoms with E-state index in [0.717, 1.165) is 24.6 Å². The average Bonchev–Trinajstić information content (AvgIpc) is 2.81. The van der Waals surface area contributed by atoms with Crippen LogP contribution in [0.15, 0.2) is 41.8 Å². The highest BCUT2D eigenvalue weighted by Gasteiger charge is 2.35. The molecule has 0 saturated carbocycles. The molecule has 3 amide bonds. The molecule has 9 heteroatoms. The summed E-state index contributed by atoms with van der Waals surface area (Å²) in [6.45, 7) is 2.91. The Bertz CT molecular complexity index is 909. The summed E-state index contributed by atoms with van der Waals surface area (Å²) in [6, 6.07) is 1.92. The molecule has 1 aromatic rings. The van der Waals surface area contributed by atoms with Crippen molar-refractivity contribution in [2.75, 3.05) is 0 Å². The summed E-state index contributed by atoms with van der Waals surface area (Å²) in [5.74, 6) is -3.73. The molecule has 2 unspecified atom stereocenters. The number of carbonyl (C=O) groups is 3. The molecule has 1 heterocycles. The number of hydrogen-bond acceptors (Lipinski definition) is 4. The van der Waals surface area contributed by atoms with E-state index in [1.165, 1.54) is 6.92 Å². The first-order valence-electron chi connectivity index (χ1n) is 9.65. The Balaban J connectivity index is 1.58. The van der Waals surface area contributed by atoms with Crippen LogP contribution in [0.3, 0.4) is 0 Å². The Morgan fingerprint density at radius 2 is 1.93 bits per heavy atom. The van der Waals surface area contributed by atoms with Gasteiger partial charge in [-0.2, -0.15) is 0 Å². The predicted octanol–water partition coefficient (Wildman–Crippen LogP) is 1.80. The Labute approximate surface area is 172 Å². The first-order chi connectivity index (χ1) is 14.2. The van der Waals surface area contributed by atoms with Gasteiger partial charge in [-0.15, -0.1) is 0 Å². The van der Waals surface area contributed by atoms with Gasteiger partial charge in [0.1, 0.15) is 35.5 Å². The van der Waals surface area contributed by atoms with E-state index in [-0.39, 0.29) is 12.1 Å². The maximum Gasteiger partial charge on any atom is 0.250 e. The number of rotatable bonds is 5. The van der Waals surface area contributed by atoms with E-state index >= 15 is 0 Å². The fourth-order valence-electron chi connectivity index (χ4n) is 3.23. The van der Waals surface area contributed by atoms with Crippen LogP contribution in [0.5, 0.6) is 0 Å². The molecule has 0 radical (unpaired) electrons. The topological polar surface area (TPSA) is 96.5 Å². The average molecular weight is 419 g/mol. The van der Waals surface area contributed by atoms with Gasteiger partial charge in [0.25, 0.3) is 5.91 Å². The molecule has 7 nitrogen and oxygen atoms in total. The Kier molecular flexibility index (Phi) is 6.49. The number of allylic oxidation sites excluding steroid dienone is 3. The molecule has 3 N–H and O–H groups in total. The fraction of sp³-hybridized carbons (Fsp3) is 0.381. The van der Waals surface area contributed by atoms with Gasteiger partial charge in [-0.1, -0.05) is 6.08 Å². The molecule has 0 saturated heterocycles. The summed E-state index contributed by atoms with van der Waals surface area (Å²) in [6.07, 6.45) is 4.50. The maximum absolute atomic E-state index is 13.2. The summed E-state index contributed by atoms with van der Waals surface area (Å²) >= 11 is 0. The second-order valence-corrected chi connectivity index (χ2v) is 7.29. The van der Waals surface area contributed by atoms with Crippen molar-refractivity contribution in [1.29, 1.82) is 0 Å². The quantitative estimate of drug-likeness (QED) is 0.634. The van der Waals surface area contributed by atoms with Gasteiger partial charge in [0.2, 0.25) is 11.8 Å². The summed E-state index contributed by atoms with van der Waals surface area (Å²) in [4.78, 5) is 37.4. The van der Waals surface area contributed by atoms with Crippen molar-refractivity contribution in [2.45, 2.75) is 45.4 Å². The highest BCUT2D eigenvalue weighted by atomic mass is 19.1. The Hall–Kier alpha value is -3.23. The van der Waals surface area contributed by atoms with Crippen LogP contribution < -0.4 is 16.0 Å². The maximum atomic E-state index is 13.2. The lowest BCUT2D eigenvalue weighted by Crippen LogP contribution is -2.54. The van der Waals surface area contributed by atoms with Crippen LogP contribution in [0.4, 0.5) is 8.78 Å². The molecular formula is C21H23F2N3O4. The van der Waals surface area contributed by atoms with Crippen LogP contribution in [-0.4, -0.2) is 29.9 Å². The molecule has 0 spiro atoms. The minimum absolute atomic E-state index is 0.141. The number of ether oxygens (including phenoxy) is 1. The molecular weight excluding hydrogens is 396 g/mol. The van der Waals surface area contributed by atoms with Gasteiger partial charge in [-0.25, -0.2) is 8.78 Å². The smallest absolute Gasteiger partial charge is 0.250 e. The summed E-state index contributed by atoms with van der Waals surface area (Å²) in [7, 11) is 0. The Morgan fingerprint density at radius 1 is 1.23 bits per heavy atom. The van der Waals surface area contributed by atoms with Gasteiger partial charge >= 0.3 is 0 Å². The zero-order chi connectivity index (χ0) is 21.8. The minimum Gasteiger partial charge on any atom is -0.490 e. The molecule has 30 heavy (non-hydrogen) atoms. The van der Waals surface area contributed by atoms with Crippen molar-refractivity contribution in [1.82, 2.24) is 16.0 Å². The van der Waals surface area contributed by atoms with Crippen LogP contribution in [0.25, 0.3) is 0 Å². The number of halogens is 2. The normalized spacial score (nSPS) is 21.7. The molecule has 3 rings (SSSR count). The van der Waals surface area contributed by atoms with Crippen molar-refractivity contribution in [3.05, 3.63) is 59.0 Å². The molecule has 3 atom stereocenters. The molecule has 1 aromatic carbocycles. The lowest BCUT2D eigenvalue weighted by Gasteiger charge is -2.24. The van der Waals surface area contributed by atoms with Crippen molar-refractivity contribution in [2.24, 2.45) is 5.92 Å². The van der Waals surface area contributed by atoms with Crippen molar-refractivity contribution in [3.8, 4) is 0 Å². The zero-order valence-electron chi connectivity index (χ0n) is 16.6. The van der Waals surface area contributed by atoms with Crippen LogP contribution in [-0.2, 0) is 25.7 Å². The fourth-order valence-corrected chi connectivity index (χ4v) is 3.23. The van der Waals surface area contributed by atoms with E-state index in [9.17, 15) is 23.2 Å². The molecule has 0 aromatic heterocycles. The number of nitrogens with one attached hydrogen (secondary N) is 3. The van der Waals surface area contributed by atoms with E-state index < -0.39 is 47.4 Å². The van der Waals surface area contributed by atoms with Gasteiger partial charge in [-0.3, -0.25) is 14.4 Å². The highest BCUT2D eigenvalue weighted by molar-refractivity contribution is 6.01. The molecule has 0 bridgehead atoms. The summed E-state index contributed by atoms with van der Waals surface area (Å²) in [5, 5.41) is 7.76. The van der Waals surface area contributed by atoms with Crippen molar-refractivity contribution >= 4 is 17.7 Å². The third-order valence-electron chi connectivity index (χ3n) is 4.93. The third-order valence-corrected chi connectivity index (χ3v) is 4.93. The molecule has 1 aliphatic carbocycles. The number of carbonyl (C=O) groups excluding carboxylic acids is 3. The van der Waals surface area contributed by atoms with Crippen LogP contribution in [0.1, 0.15) is 32.3 Å². The van der Waals surface area contributed by atoms with E-state index in [0.29, 0.717) is 17.9 Å². The van der Waals surface area contributed by atoms with Gasteiger partial charge in [0.05, 0.1) is 5.70 Å². The molecule has 1 aliphatic heterocycles. The standard InChI is InChI=1S/C21H23F2N3O4/c1-11(19(27)24-10-13-7-14(22)9-15(23)8-13)20(28)26-18-12(2)30-17-6-4-3-5-16(17)25-21(18)29/h3,5,7-9,11-12,18H,4,6,10H2,1-2H3,(H,24,27)(H,25,29)(H,26,28)/t11?,12-,18?/m1/s1. The summed E-state index contributed by atoms with van der Waals surface area (Å²) in [5.41, 5.74) is 0.798. The van der Waals surface area contributed by atoms with Gasteiger partial charge in [0, 0.05) is 19.0 Å². The number of amides is 3. The SMILES string of the molecule is CC(C(=O)NCc1cc(F)cc(F)c1)C(=O)NC1C(=O)NC2=C(CCC=C2)O[C@@H]1C. The largest absolute Gasteiger partial charge is 0.490 e. The second-order valence-electron chi connectivity index (χ2n) is 7.29. The summed E-state index contributed by atoms with van der Waals surface area (Å²) < 4.78 is 32.3. The van der Waals surface area contributed by atoms with Crippen molar-refractivity contribution in [3.63, 3.8) is 0 Å². The van der Waals surface area contributed by atoms with E-state index in [1.807, 2.05) is 6.08 Å². The van der Waals surface area contributed by atoms with Crippen LogP contribution in [0.2, 0.25) is 0 Å². The number of hydrogen-bond donors (Lipinski definition) is 3. The Morgan fingerprint density at radius 3 is 2.63 bits per heavy atom. The first kappa shape index (κ1) is 21.5. The number of benzene rings is 1. The van der Waals surface area contributed by atoms with Gasteiger partial charge < -0.3 is 20.7 Å². The monoisotopic (exact) mass is 419 g/mol.